The van der Waals surface area contributed by atoms with Crippen molar-refractivity contribution in [1.29, 1.82) is 0 Å². The molecule has 0 amide bonds. The third kappa shape index (κ3) is 2.59. The Bertz CT molecular complexity index is 634. The van der Waals surface area contributed by atoms with E-state index >= 15 is 0 Å². The van der Waals surface area contributed by atoms with Crippen LogP contribution in [0.3, 0.4) is 0 Å². The van der Waals surface area contributed by atoms with Crippen molar-refractivity contribution in [2.75, 3.05) is 18.0 Å². The molecule has 1 heterocycles. The maximum Gasteiger partial charge on any atom is 0.339 e. The number of carboxylic acid groups (broad SMARTS) is 1. The van der Waals surface area contributed by atoms with Crippen LogP contribution in [-0.4, -0.2) is 29.1 Å². The lowest BCUT2D eigenvalue weighted by Gasteiger charge is -2.22. The van der Waals surface area contributed by atoms with Gasteiger partial charge in [-0.3, -0.25) is 0 Å². The number of aromatic nitrogens is 1. The van der Waals surface area contributed by atoms with Crippen LogP contribution in [0.4, 0.5) is 5.82 Å². The number of hydrogen-bond acceptors (Lipinski definition) is 3. The van der Waals surface area contributed by atoms with Gasteiger partial charge in [0.05, 0.1) is 5.52 Å². The fourth-order valence-corrected chi connectivity index (χ4v) is 2.36. The van der Waals surface area contributed by atoms with Gasteiger partial charge in [-0.15, -0.1) is 0 Å². The number of aryl methyl sites for hydroxylation is 1. The molecule has 0 fully saturated rings. The van der Waals surface area contributed by atoms with Gasteiger partial charge in [0.25, 0.3) is 0 Å². The minimum absolute atomic E-state index is 0.273. The van der Waals surface area contributed by atoms with E-state index in [9.17, 15) is 9.90 Å². The maximum absolute atomic E-state index is 11.5. The minimum atomic E-state index is -0.928. The lowest BCUT2D eigenvalue weighted by atomic mass is 10.1. The zero-order valence-corrected chi connectivity index (χ0v) is 12.2. The summed E-state index contributed by atoms with van der Waals surface area (Å²) in [5.74, 6) is -0.373. The summed E-state index contributed by atoms with van der Waals surface area (Å²) in [7, 11) is 0. The zero-order valence-electron chi connectivity index (χ0n) is 12.2. The Balaban J connectivity index is 2.67. The van der Waals surface area contributed by atoms with Crippen LogP contribution in [0.2, 0.25) is 0 Å². The topological polar surface area (TPSA) is 53.4 Å². The highest BCUT2D eigenvalue weighted by Gasteiger charge is 2.17. The van der Waals surface area contributed by atoms with Gasteiger partial charge in [-0.1, -0.05) is 13.0 Å². The average Bonchev–Trinajstić information content (AvgIpc) is 2.47. The van der Waals surface area contributed by atoms with Crippen LogP contribution in [0.5, 0.6) is 0 Å². The summed E-state index contributed by atoms with van der Waals surface area (Å²) >= 11 is 0. The van der Waals surface area contributed by atoms with Crippen molar-refractivity contribution in [3.63, 3.8) is 0 Å². The predicted octanol–water partition coefficient (Wildman–Crippen LogP) is 3.34. The molecule has 0 spiro atoms. The molecule has 4 nitrogen and oxygen atoms in total. The summed E-state index contributed by atoms with van der Waals surface area (Å²) in [5.41, 5.74) is 2.30. The number of aromatic carboxylic acids is 1. The lowest BCUT2D eigenvalue weighted by molar-refractivity contribution is 0.0697. The average molecular weight is 272 g/mol. The van der Waals surface area contributed by atoms with Gasteiger partial charge in [0.2, 0.25) is 0 Å². The quantitative estimate of drug-likeness (QED) is 0.907. The van der Waals surface area contributed by atoms with Crippen molar-refractivity contribution in [2.45, 2.75) is 27.2 Å². The van der Waals surface area contributed by atoms with Crippen LogP contribution < -0.4 is 4.90 Å². The van der Waals surface area contributed by atoms with Crippen molar-refractivity contribution in [3.05, 3.63) is 35.4 Å². The molecule has 0 unspecified atom stereocenters. The van der Waals surface area contributed by atoms with E-state index in [0.29, 0.717) is 5.82 Å². The molecular formula is C16H20N2O2. The Labute approximate surface area is 119 Å². The molecule has 2 rings (SSSR count). The Kier molecular flexibility index (Phi) is 4.23. The molecule has 0 bridgehead atoms. The van der Waals surface area contributed by atoms with Crippen LogP contribution >= 0.6 is 0 Å². The first-order valence-corrected chi connectivity index (χ1v) is 7.02. The molecule has 0 radical (unpaired) electrons. The molecule has 0 saturated carbocycles. The van der Waals surface area contributed by atoms with E-state index in [1.807, 2.05) is 36.9 Å². The van der Waals surface area contributed by atoms with Crippen LogP contribution in [0.1, 0.15) is 36.7 Å². The van der Waals surface area contributed by atoms with Gasteiger partial charge in [-0.25, -0.2) is 9.78 Å². The third-order valence-electron chi connectivity index (χ3n) is 3.56. The number of rotatable bonds is 5. The summed E-state index contributed by atoms with van der Waals surface area (Å²) in [6.07, 6.45) is 0.927. The summed E-state index contributed by atoms with van der Waals surface area (Å²) in [4.78, 5) is 18.0. The Morgan fingerprint density at radius 3 is 2.45 bits per heavy atom. The first kappa shape index (κ1) is 14.3. The van der Waals surface area contributed by atoms with E-state index in [4.69, 9.17) is 0 Å². The van der Waals surface area contributed by atoms with Gasteiger partial charge in [-0.2, -0.15) is 0 Å². The number of nitrogens with zero attached hydrogens (tertiary/aromatic N) is 2. The van der Waals surface area contributed by atoms with Crippen molar-refractivity contribution < 1.29 is 9.90 Å². The van der Waals surface area contributed by atoms with Crippen molar-refractivity contribution in [1.82, 2.24) is 4.98 Å². The number of fused-ring (bicyclic) bond motifs is 1. The molecule has 0 atom stereocenters. The zero-order chi connectivity index (χ0) is 14.7. The molecule has 4 heteroatoms. The largest absolute Gasteiger partial charge is 0.478 e. The molecule has 0 saturated heterocycles. The molecule has 0 aliphatic carbocycles. The fourth-order valence-electron chi connectivity index (χ4n) is 2.36. The second-order valence-electron chi connectivity index (χ2n) is 4.72. The molecule has 20 heavy (non-hydrogen) atoms. The molecule has 106 valence electrons. The fraction of sp³-hybridized carbons (Fsp3) is 0.375. The number of anilines is 1. The standard InChI is InChI=1S/C16H20N2O2/c1-4-11-7-8-14-12(9-11)10-13(16(19)20)15(17-14)18(5-2)6-3/h7-10H,4-6H2,1-3H3,(H,19,20). The number of benzene rings is 1. The molecule has 1 N–H and O–H groups in total. The number of carbonyl (C=O) groups is 1. The van der Waals surface area contributed by atoms with Crippen LogP contribution in [0.25, 0.3) is 10.9 Å². The van der Waals surface area contributed by atoms with Crippen LogP contribution in [0, 0.1) is 0 Å². The van der Waals surface area contributed by atoms with Gasteiger partial charge in [0.15, 0.2) is 0 Å². The van der Waals surface area contributed by atoms with E-state index in [0.717, 1.165) is 30.4 Å². The highest BCUT2D eigenvalue weighted by atomic mass is 16.4. The second kappa shape index (κ2) is 5.90. The second-order valence-corrected chi connectivity index (χ2v) is 4.72. The van der Waals surface area contributed by atoms with Crippen molar-refractivity contribution in [2.24, 2.45) is 0 Å². The Morgan fingerprint density at radius 1 is 1.20 bits per heavy atom. The molecule has 1 aromatic carbocycles. The Hall–Kier alpha value is -2.10. The number of hydrogen-bond donors (Lipinski definition) is 1. The Morgan fingerprint density at radius 2 is 1.90 bits per heavy atom. The monoisotopic (exact) mass is 272 g/mol. The maximum atomic E-state index is 11.5. The highest BCUT2D eigenvalue weighted by molar-refractivity contribution is 5.98. The minimum Gasteiger partial charge on any atom is -0.478 e. The van der Waals surface area contributed by atoms with E-state index < -0.39 is 5.97 Å². The highest BCUT2D eigenvalue weighted by Crippen LogP contribution is 2.24. The molecular weight excluding hydrogens is 252 g/mol. The SMILES string of the molecule is CCc1ccc2nc(N(CC)CC)c(C(=O)O)cc2c1. The first-order chi connectivity index (χ1) is 9.60. The van der Waals surface area contributed by atoms with Crippen molar-refractivity contribution in [3.8, 4) is 0 Å². The number of carboxylic acids is 1. The smallest absolute Gasteiger partial charge is 0.339 e. The summed E-state index contributed by atoms with van der Waals surface area (Å²) in [5, 5.41) is 10.3. The van der Waals surface area contributed by atoms with E-state index in [2.05, 4.69) is 11.9 Å². The predicted molar refractivity (Wildman–Crippen MR) is 81.6 cm³/mol. The molecule has 0 aliphatic rings. The van der Waals surface area contributed by atoms with Crippen molar-refractivity contribution >= 4 is 22.7 Å². The molecule has 0 aliphatic heterocycles. The van der Waals surface area contributed by atoms with Gasteiger partial charge >= 0.3 is 5.97 Å². The first-order valence-electron chi connectivity index (χ1n) is 7.02. The van der Waals surface area contributed by atoms with Crippen LogP contribution in [0.15, 0.2) is 24.3 Å². The summed E-state index contributed by atoms with van der Waals surface area (Å²) in [6.45, 7) is 7.56. The lowest BCUT2D eigenvalue weighted by Crippen LogP contribution is -2.25. The van der Waals surface area contributed by atoms with Gasteiger partial charge in [-0.05, 0) is 44.0 Å². The van der Waals surface area contributed by atoms with E-state index in [1.165, 1.54) is 5.56 Å². The summed E-state index contributed by atoms with van der Waals surface area (Å²) < 4.78 is 0. The van der Waals surface area contributed by atoms with Gasteiger partial charge in [0.1, 0.15) is 11.4 Å². The van der Waals surface area contributed by atoms with E-state index in [1.54, 1.807) is 6.07 Å². The third-order valence-corrected chi connectivity index (χ3v) is 3.56. The summed E-state index contributed by atoms with van der Waals surface area (Å²) in [6, 6.07) is 7.76. The molecule has 2 aromatic rings. The van der Waals surface area contributed by atoms with Gasteiger partial charge in [0, 0.05) is 18.5 Å². The van der Waals surface area contributed by atoms with E-state index in [-0.39, 0.29) is 5.56 Å². The molecule has 1 aromatic heterocycles. The van der Waals surface area contributed by atoms with Crippen LogP contribution in [-0.2, 0) is 6.42 Å². The normalized spacial score (nSPS) is 10.8. The number of pyridine rings is 1. The van der Waals surface area contributed by atoms with Gasteiger partial charge < -0.3 is 10.0 Å².